The molecular weight excluding hydrogens is 283 g/mol. The SMILES string of the molecule is O=C(O)CC(O)C(O)c1ccc(Br)c(F)c1. The van der Waals surface area contributed by atoms with Crippen molar-refractivity contribution in [1.29, 1.82) is 0 Å². The Morgan fingerprint density at radius 3 is 2.56 bits per heavy atom. The Hall–Kier alpha value is -0.980. The van der Waals surface area contributed by atoms with E-state index in [4.69, 9.17) is 5.11 Å². The van der Waals surface area contributed by atoms with Gasteiger partial charge in [-0.05, 0) is 33.6 Å². The van der Waals surface area contributed by atoms with Crippen LogP contribution in [0.15, 0.2) is 22.7 Å². The molecule has 0 aliphatic carbocycles. The van der Waals surface area contributed by atoms with Crippen LogP contribution in [0, 0.1) is 5.82 Å². The topological polar surface area (TPSA) is 77.8 Å². The normalized spacial score (nSPS) is 14.5. The lowest BCUT2D eigenvalue weighted by atomic mass is 10.0. The van der Waals surface area contributed by atoms with E-state index in [-0.39, 0.29) is 10.0 Å². The number of hydrogen-bond donors (Lipinski definition) is 3. The molecule has 4 nitrogen and oxygen atoms in total. The van der Waals surface area contributed by atoms with E-state index in [1.165, 1.54) is 12.1 Å². The van der Waals surface area contributed by atoms with Gasteiger partial charge in [-0.2, -0.15) is 0 Å². The quantitative estimate of drug-likeness (QED) is 0.785. The summed E-state index contributed by atoms with van der Waals surface area (Å²) in [6.07, 6.45) is -3.48. The Labute approximate surface area is 99.5 Å². The summed E-state index contributed by atoms with van der Waals surface area (Å²) in [4.78, 5) is 10.3. The zero-order valence-corrected chi connectivity index (χ0v) is 9.69. The Balaban J connectivity index is 2.83. The zero-order chi connectivity index (χ0) is 12.3. The highest BCUT2D eigenvalue weighted by Crippen LogP contribution is 2.23. The van der Waals surface area contributed by atoms with Gasteiger partial charge in [-0.15, -0.1) is 0 Å². The standard InChI is InChI=1S/C10H10BrFO4/c11-6-2-1-5(3-7(6)12)10(16)8(13)4-9(14)15/h1-3,8,10,13,16H,4H2,(H,14,15). The van der Waals surface area contributed by atoms with Gasteiger partial charge in [-0.3, -0.25) is 4.79 Å². The van der Waals surface area contributed by atoms with Gasteiger partial charge in [0.25, 0.3) is 0 Å². The van der Waals surface area contributed by atoms with Gasteiger partial charge in [0.1, 0.15) is 11.9 Å². The van der Waals surface area contributed by atoms with E-state index >= 15 is 0 Å². The van der Waals surface area contributed by atoms with Crippen LogP contribution in [0.3, 0.4) is 0 Å². The second-order valence-corrected chi connectivity index (χ2v) is 4.14. The molecule has 1 aromatic carbocycles. The fourth-order valence-electron chi connectivity index (χ4n) is 1.21. The second-order valence-electron chi connectivity index (χ2n) is 3.28. The van der Waals surface area contributed by atoms with E-state index in [1.54, 1.807) is 0 Å². The molecule has 2 atom stereocenters. The number of aliphatic hydroxyl groups excluding tert-OH is 2. The number of carboxylic acid groups (broad SMARTS) is 1. The maximum absolute atomic E-state index is 13.1. The third-order valence-electron chi connectivity index (χ3n) is 2.03. The van der Waals surface area contributed by atoms with Crippen LogP contribution in [0.1, 0.15) is 18.1 Å². The first kappa shape index (κ1) is 13.1. The summed E-state index contributed by atoms with van der Waals surface area (Å²) in [5, 5.41) is 27.3. The molecule has 0 saturated carbocycles. The summed E-state index contributed by atoms with van der Waals surface area (Å²) in [7, 11) is 0. The van der Waals surface area contributed by atoms with Gasteiger partial charge in [0.15, 0.2) is 0 Å². The molecular formula is C10H10BrFO4. The van der Waals surface area contributed by atoms with Gasteiger partial charge in [0.2, 0.25) is 0 Å². The van der Waals surface area contributed by atoms with Crippen LogP contribution in [-0.4, -0.2) is 27.4 Å². The highest BCUT2D eigenvalue weighted by atomic mass is 79.9. The molecule has 3 N–H and O–H groups in total. The molecule has 0 radical (unpaired) electrons. The Morgan fingerprint density at radius 2 is 2.06 bits per heavy atom. The molecule has 0 fully saturated rings. The van der Waals surface area contributed by atoms with Gasteiger partial charge >= 0.3 is 5.97 Å². The van der Waals surface area contributed by atoms with E-state index in [1.807, 2.05) is 0 Å². The molecule has 2 unspecified atom stereocenters. The lowest BCUT2D eigenvalue weighted by molar-refractivity contribution is -0.141. The Morgan fingerprint density at radius 1 is 1.44 bits per heavy atom. The summed E-state index contributed by atoms with van der Waals surface area (Å²) < 4.78 is 13.3. The molecule has 1 rings (SSSR count). The van der Waals surface area contributed by atoms with Gasteiger partial charge in [-0.25, -0.2) is 4.39 Å². The van der Waals surface area contributed by atoms with Crippen LogP contribution in [0.2, 0.25) is 0 Å². The molecule has 0 heterocycles. The largest absolute Gasteiger partial charge is 0.481 e. The smallest absolute Gasteiger partial charge is 0.306 e. The minimum absolute atomic E-state index is 0.134. The van der Waals surface area contributed by atoms with E-state index in [0.717, 1.165) is 6.07 Å². The highest BCUT2D eigenvalue weighted by Gasteiger charge is 2.21. The van der Waals surface area contributed by atoms with Crippen molar-refractivity contribution in [3.63, 3.8) is 0 Å². The molecule has 0 amide bonds. The maximum Gasteiger partial charge on any atom is 0.306 e. The number of benzene rings is 1. The molecule has 0 aliphatic heterocycles. The number of hydrogen-bond acceptors (Lipinski definition) is 3. The monoisotopic (exact) mass is 292 g/mol. The lowest BCUT2D eigenvalue weighted by Gasteiger charge is -2.16. The highest BCUT2D eigenvalue weighted by molar-refractivity contribution is 9.10. The fourth-order valence-corrected chi connectivity index (χ4v) is 1.46. The first-order valence-electron chi connectivity index (χ1n) is 4.44. The minimum atomic E-state index is -1.46. The number of aliphatic carboxylic acids is 1. The molecule has 6 heteroatoms. The number of halogens is 2. The van der Waals surface area contributed by atoms with E-state index < -0.39 is 30.4 Å². The van der Waals surface area contributed by atoms with Crippen molar-refractivity contribution in [2.75, 3.05) is 0 Å². The first-order valence-corrected chi connectivity index (χ1v) is 5.24. The zero-order valence-electron chi connectivity index (χ0n) is 8.10. The first-order chi connectivity index (χ1) is 7.41. The van der Waals surface area contributed by atoms with Gasteiger partial charge < -0.3 is 15.3 Å². The van der Waals surface area contributed by atoms with Crippen molar-refractivity contribution >= 4 is 21.9 Å². The third kappa shape index (κ3) is 3.26. The molecule has 0 bridgehead atoms. The predicted octanol–water partition coefficient (Wildman–Crippen LogP) is 1.46. The summed E-state index contributed by atoms with van der Waals surface area (Å²) in [5.41, 5.74) is 0.134. The Kier molecular flexibility index (Phi) is 4.40. The molecule has 0 aliphatic rings. The molecule has 88 valence electrons. The average molecular weight is 293 g/mol. The van der Waals surface area contributed by atoms with Crippen molar-refractivity contribution in [3.8, 4) is 0 Å². The lowest BCUT2D eigenvalue weighted by Crippen LogP contribution is -2.21. The van der Waals surface area contributed by atoms with Crippen molar-refractivity contribution in [2.24, 2.45) is 0 Å². The van der Waals surface area contributed by atoms with E-state index in [0.29, 0.717) is 0 Å². The van der Waals surface area contributed by atoms with Crippen LogP contribution in [0.4, 0.5) is 4.39 Å². The van der Waals surface area contributed by atoms with Crippen LogP contribution in [0.25, 0.3) is 0 Å². The maximum atomic E-state index is 13.1. The van der Waals surface area contributed by atoms with Gasteiger partial charge in [-0.1, -0.05) is 6.07 Å². The molecule has 0 aromatic heterocycles. The van der Waals surface area contributed by atoms with E-state index in [2.05, 4.69) is 15.9 Å². The van der Waals surface area contributed by atoms with Crippen molar-refractivity contribution < 1.29 is 24.5 Å². The summed E-state index contributed by atoms with van der Waals surface area (Å²) >= 11 is 2.94. The number of rotatable bonds is 4. The van der Waals surface area contributed by atoms with Crippen molar-refractivity contribution in [1.82, 2.24) is 0 Å². The predicted molar refractivity (Wildman–Crippen MR) is 57.3 cm³/mol. The van der Waals surface area contributed by atoms with Crippen molar-refractivity contribution in [3.05, 3.63) is 34.1 Å². The summed E-state index contributed by atoms with van der Waals surface area (Å²) in [6.45, 7) is 0. The third-order valence-corrected chi connectivity index (χ3v) is 2.68. The minimum Gasteiger partial charge on any atom is -0.481 e. The molecule has 0 saturated heterocycles. The van der Waals surface area contributed by atoms with Crippen LogP contribution in [-0.2, 0) is 4.79 Å². The van der Waals surface area contributed by atoms with Crippen LogP contribution >= 0.6 is 15.9 Å². The second kappa shape index (κ2) is 5.38. The summed E-state index contributed by atoms with van der Waals surface area (Å²) in [5.74, 6) is -1.82. The molecule has 16 heavy (non-hydrogen) atoms. The number of carbonyl (C=O) groups is 1. The van der Waals surface area contributed by atoms with Gasteiger partial charge in [0.05, 0.1) is 17.0 Å². The average Bonchev–Trinajstić information content (AvgIpc) is 2.20. The van der Waals surface area contributed by atoms with Crippen molar-refractivity contribution in [2.45, 2.75) is 18.6 Å². The number of aliphatic hydroxyl groups is 2. The Bertz CT molecular complexity index is 396. The van der Waals surface area contributed by atoms with Crippen LogP contribution < -0.4 is 0 Å². The fraction of sp³-hybridized carbons (Fsp3) is 0.300. The van der Waals surface area contributed by atoms with Crippen LogP contribution in [0.5, 0.6) is 0 Å². The number of carboxylic acids is 1. The molecule has 0 spiro atoms. The van der Waals surface area contributed by atoms with E-state index in [9.17, 15) is 19.4 Å². The summed E-state index contributed by atoms with van der Waals surface area (Å²) in [6, 6.07) is 3.82. The van der Waals surface area contributed by atoms with Gasteiger partial charge in [0, 0.05) is 0 Å². The molecule has 1 aromatic rings.